The van der Waals surface area contributed by atoms with Crippen molar-refractivity contribution >= 4 is 0 Å². The molecule has 0 radical (unpaired) electrons. The molecule has 2 aliphatic rings. The number of rotatable bonds is 6. The molecular formula is C18H36N2. The monoisotopic (exact) mass is 280 g/mol. The third-order valence-corrected chi connectivity index (χ3v) is 5.65. The van der Waals surface area contributed by atoms with Gasteiger partial charge in [-0.1, -0.05) is 46.0 Å². The van der Waals surface area contributed by atoms with Gasteiger partial charge in [-0.2, -0.15) is 0 Å². The van der Waals surface area contributed by atoms with Gasteiger partial charge in [0.25, 0.3) is 0 Å². The van der Waals surface area contributed by atoms with Crippen molar-refractivity contribution < 1.29 is 0 Å². The molecule has 1 heterocycles. The first-order valence-electron chi connectivity index (χ1n) is 9.21. The van der Waals surface area contributed by atoms with Crippen LogP contribution in [0.5, 0.6) is 0 Å². The zero-order chi connectivity index (χ0) is 14.3. The zero-order valence-electron chi connectivity index (χ0n) is 13.9. The van der Waals surface area contributed by atoms with Gasteiger partial charge < -0.3 is 10.2 Å². The van der Waals surface area contributed by atoms with E-state index in [4.69, 9.17) is 0 Å². The average Bonchev–Trinajstić information content (AvgIpc) is 2.71. The predicted molar refractivity (Wildman–Crippen MR) is 88.1 cm³/mol. The molecule has 0 aromatic heterocycles. The summed E-state index contributed by atoms with van der Waals surface area (Å²) in [6, 6.07) is 0. The molecule has 0 aromatic carbocycles. The smallest absolute Gasteiger partial charge is 0.00503 e. The van der Waals surface area contributed by atoms with Crippen molar-refractivity contribution in [2.75, 3.05) is 32.7 Å². The molecular weight excluding hydrogens is 244 g/mol. The lowest BCUT2D eigenvalue weighted by Gasteiger charge is -2.41. The van der Waals surface area contributed by atoms with Crippen molar-refractivity contribution in [1.29, 1.82) is 0 Å². The number of hydrogen-bond donors (Lipinski definition) is 1. The van der Waals surface area contributed by atoms with Crippen LogP contribution in [-0.4, -0.2) is 37.6 Å². The van der Waals surface area contributed by atoms with Crippen molar-refractivity contribution in [1.82, 2.24) is 10.2 Å². The number of piperidine rings is 1. The zero-order valence-corrected chi connectivity index (χ0v) is 13.9. The Morgan fingerprint density at radius 2 is 1.80 bits per heavy atom. The number of hydrogen-bond acceptors (Lipinski definition) is 2. The fourth-order valence-corrected chi connectivity index (χ4v) is 4.36. The summed E-state index contributed by atoms with van der Waals surface area (Å²) in [5.41, 5.74) is 0.572. The van der Waals surface area contributed by atoms with Gasteiger partial charge >= 0.3 is 0 Å². The molecule has 2 fully saturated rings. The number of nitrogens with zero attached hydrogens (tertiary/aromatic N) is 1. The third kappa shape index (κ3) is 4.73. The van der Waals surface area contributed by atoms with Gasteiger partial charge in [0.1, 0.15) is 0 Å². The molecule has 0 spiro atoms. The van der Waals surface area contributed by atoms with Crippen LogP contribution in [0, 0.1) is 11.3 Å². The molecule has 1 unspecified atom stereocenters. The first-order valence-corrected chi connectivity index (χ1v) is 9.21. The molecule has 1 N–H and O–H groups in total. The quantitative estimate of drug-likeness (QED) is 0.738. The summed E-state index contributed by atoms with van der Waals surface area (Å²) in [5, 5.41) is 3.67. The van der Waals surface area contributed by atoms with E-state index in [2.05, 4.69) is 24.1 Å². The standard InChI is InChI=1S/C18H36N2/c1-3-17-10-9-13-20(14-17)16-18(15-19-4-2)11-7-5-6-8-12-18/h17,19H,3-16H2,1-2H3. The van der Waals surface area contributed by atoms with Crippen LogP contribution in [0.4, 0.5) is 0 Å². The molecule has 0 aromatic rings. The van der Waals surface area contributed by atoms with E-state index in [9.17, 15) is 0 Å². The molecule has 1 saturated heterocycles. The summed E-state index contributed by atoms with van der Waals surface area (Å²) in [5.74, 6) is 0.964. The van der Waals surface area contributed by atoms with Gasteiger partial charge in [0.05, 0.1) is 0 Å². The second kappa shape index (κ2) is 8.38. The van der Waals surface area contributed by atoms with Crippen LogP contribution in [0.2, 0.25) is 0 Å². The lowest BCUT2D eigenvalue weighted by Crippen LogP contribution is -2.47. The van der Waals surface area contributed by atoms with Crippen LogP contribution >= 0.6 is 0 Å². The second-order valence-electron chi connectivity index (χ2n) is 7.35. The van der Waals surface area contributed by atoms with Crippen LogP contribution in [0.15, 0.2) is 0 Å². The maximum Gasteiger partial charge on any atom is 0.00503 e. The second-order valence-corrected chi connectivity index (χ2v) is 7.35. The van der Waals surface area contributed by atoms with Crippen LogP contribution < -0.4 is 5.32 Å². The first kappa shape index (κ1) is 16.3. The molecule has 2 heteroatoms. The fourth-order valence-electron chi connectivity index (χ4n) is 4.36. The Bertz CT molecular complexity index is 256. The molecule has 118 valence electrons. The summed E-state index contributed by atoms with van der Waals surface area (Å²) in [7, 11) is 0. The minimum absolute atomic E-state index is 0.572. The van der Waals surface area contributed by atoms with E-state index in [1.807, 2.05) is 0 Å². The average molecular weight is 280 g/mol. The highest BCUT2D eigenvalue weighted by molar-refractivity contribution is 4.88. The molecule has 20 heavy (non-hydrogen) atoms. The normalized spacial score (nSPS) is 28.2. The Morgan fingerprint density at radius 1 is 1.05 bits per heavy atom. The van der Waals surface area contributed by atoms with E-state index in [-0.39, 0.29) is 0 Å². The van der Waals surface area contributed by atoms with Crippen LogP contribution in [-0.2, 0) is 0 Å². The lowest BCUT2D eigenvalue weighted by molar-refractivity contribution is 0.0882. The number of nitrogens with one attached hydrogen (secondary N) is 1. The van der Waals surface area contributed by atoms with Crippen molar-refractivity contribution in [3.63, 3.8) is 0 Å². The van der Waals surface area contributed by atoms with Gasteiger partial charge in [-0.05, 0) is 50.1 Å². The molecule has 1 saturated carbocycles. The van der Waals surface area contributed by atoms with E-state index in [1.165, 1.54) is 84.0 Å². The highest BCUT2D eigenvalue weighted by Crippen LogP contribution is 2.36. The minimum atomic E-state index is 0.572. The van der Waals surface area contributed by atoms with E-state index < -0.39 is 0 Å². The SMILES string of the molecule is CCNCC1(CN2CCCC(CC)C2)CCCCCC1. The van der Waals surface area contributed by atoms with Gasteiger partial charge in [0, 0.05) is 19.6 Å². The molecule has 1 aliphatic carbocycles. The Labute approximate surface area is 126 Å². The first-order chi connectivity index (χ1) is 9.78. The fraction of sp³-hybridized carbons (Fsp3) is 1.00. The van der Waals surface area contributed by atoms with Crippen LogP contribution in [0.3, 0.4) is 0 Å². The highest BCUT2D eigenvalue weighted by Gasteiger charge is 2.33. The van der Waals surface area contributed by atoms with Crippen molar-refractivity contribution in [2.45, 2.75) is 71.6 Å². The Balaban J connectivity index is 1.94. The Hall–Kier alpha value is -0.0800. The molecule has 1 aliphatic heterocycles. The molecule has 0 amide bonds. The van der Waals surface area contributed by atoms with E-state index >= 15 is 0 Å². The third-order valence-electron chi connectivity index (χ3n) is 5.65. The van der Waals surface area contributed by atoms with Gasteiger partial charge in [-0.3, -0.25) is 0 Å². The Kier molecular flexibility index (Phi) is 6.83. The van der Waals surface area contributed by atoms with Gasteiger partial charge in [-0.25, -0.2) is 0 Å². The summed E-state index contributed by atoms with van der Waals surface area (Å²) < 4.78 is 0. The maximum absolute atomic E-state index is 3.67. The summed E-state index contributed by atoms with van der Waals surface area (Å²) >= 11 is 0. The minimum Gasteiger partial charge on any atom is -0.316 e. The van der Waals surface area contributed by atoms with Crippen LogP contribution in [0.1, 0.15) is 71.6 Å². The van der Waals surface area contributed by atoms with Gasteiger partial charge in [-0.15, -0.1) is 0 Å². The van der Waals surface area contributed by atoms with Crippen molar-refractivity contribution in [3.05, 3.63) is 0 Å². The van der Waals surface area contributed by atoms with Crippen molar-refractivity contribution in [3.8, 4) is 0 Å². The molecule has 1 atom stereocenters. The van der Waals surface area contributed by atoms with E-state index in [0.717, 1.165) is 12.5 Å². The molecule has 2 nitrogen and oxygen atoms in total. The number of likely N-dealkylation sites (tertiary alicyclic amines) is 1. The highest BCUT2D eigenvalue weighted by atomic mass is 15.1. The van der Waals surface area contributed by atoms with Crippen LogP contribution in [0.25, 0.3) is 0 Å². The lowest BCUT2D eigenvalue weighted by atomic mass is 9.79. The summed E-state index contributed by atoms with van der Waals surface area (Å²) in [4.78, 5) is 2.81. The Morgan fingerprint density at radius 3 is 2.45 bits per heavy atom. The van der Waals surface area contributed by atoms with Gasteiger partial charge in [0.15, 0.2) is 0 Å². The van der Waals surface area contributed by atoms with E-state index in [1.54, 1.807) is 0 Å². The largest absolute Gasteiger partial charge is 0.316 e. The maximum atomic E-state index is 3.67. The summed E-state index contributed by atoms with van der Waals surface area (Å²) in [6.07, 6.45) is 13.0. The van der Waals surface area contributed by atoms with Gasteiger partial charge in [0.2, 0.25) is 0 Å². The predicted octanol–water partition coefficient (Wildman–Crippen LogP) is 4.06. The summed E-state index contributed by atoms with van der Waals surface area (Å²) in [6.45, 7) is 11.1. The van der Waals surface area contributed by atoms with E-state index in [0.29, 0.717) is 5.41 Å². The topological polar surface area (TPSA) is 15.3 Å². The van der Waals surface area contributed by atoms with Crippen molar-refractivity contribution in [2.24, 2.45) is 11.3 Å². The molecule has 2 rings (SSSR count). The molecule has 0 bridgehead atoms.